The van der Waals surface area contributed by atoms with Crippen LogP contribution >= 0.6 is 0 Å². The van der Waals surface area contributed by atoms with Crippen LogP contribution in [0.25, 0.3) is 0 Å². The molecule has 1 aromatic rings. The van der Waals surface area contributed by atoms with Crippen LogP contribution in [0.2, 0.25) is 0 Å². The van der Waals surface area contributed by atoms with Gasteiger partial charge in [0.05, 0.1) is 0 Å². The fourth-order valence-electron chi connectivity index (χ4n) is 1.92. The first kappa shape index (κ1) is 8.70. The van der Waals surface area contributed by atoms with E-state index >= 15 is 0 Å². The van der Waals surface area contributed by atoms with E-state index in [-0.39, 0.29) is 11.9 Å². The molecule has 1 aliphatic carbocycles. The van der Waals surface area contributed by atoms with Crippen LogP contribution in [-0.2, 0) is 0 Å². The van der Waals surface area contributed by atoms with Gasteiger partial charge in [-0.1, -0.05) is 12.1 Å². The molecule has 2 N–H and O–H groups in total. The Labute approximate surface area is 77.8 Å². The van der Waals surface area contributed by atoms with Gasteiger partial charge in [-0.3, -0.25) is 0 Å². The van der Waals surface area contributed by atoms with Crippen molar-refractivity contribution in [3.05, 3.63) is 35.6 Å². The molecule has 0 radical (unpaired) electrons. The zero-order chi connectivity index (χ0) is 9.42. The summed E-state index contributed by atoms with van der Waals surface area (Å²) in [5, 5.41) is 0. The summed E-state index contributed by atoms with van der Waals surface area (Å²) < 4.78 is 12.9. The molecule has 0 heterocycles. The molecule has 70 valence electrons. The van der Waals surface area contributed by atoms with Crippen molar-refractivity contribution in [2.24, 2.45) is 11.7 Å². The molecule has 3 atom stereocenters. The van der Waals surface area contributed by atoms with E-state index < -0.39 is 0 Å². The number of nitrogens with two attached hydrogens (primary N) is 1. The number of hydrogen-bond donors (Lipinski definition) is 1. The van der Waals surface area contributed by atoms with Crippen molar-refractivity contribution in [3.63, 3.8) is 0 Å². The van der Waals surface area contributed by atoms with Crippen LogP contribution in [0.15, 0.2) is 24.3 Å². The number of hydrogen-bond acceptors (Lipinski definition) is 1. The molecule has 0 saturated heterocycles. The topological polar surface area (TPSA) is 26.0 Å². The molecular weight excluding hydrogens is 165 g/mol. The maximum absolute atomic E-state index is 12.9. The van der Waals surface area contributed by atoms with Crippen LogP contribution in [0.3, 0.4) is 0 Å². The largest absolute Gasteiger partial charge is 0.328 e. The van der Waals surface area contributed by atoms with Crippen molar-refractivity contribution in [1.29, 1.82) is 0 Å². The molecule has 0 bridgehead atoms. The van der Waals surface area contributed by atoms with Gasteiger partial charge in [0.1, 0.15) is 5.82 Å². The molecule has 1 nitrogen and oxygen atoms in total. The van der Waals surface area contributed by atoms with Crippen LogP contribution in [0, 0.1) is 11.7 Å². The Kier molecular flexibility index (Phi) is 2.08. The standard InChI is InChI=1S/C11H14FN/c1-7(13)10-6-11(10)8-3-2-4-9(12)5-8/h2-5,7,10-11H,6,13H2,1H3/t7-,10+,11-/m1/s1. The molecule has 1 saturated carbocycles. The average molecular weight is 179 g/mol. The molecule has 1 aromatic carbocycles. The molecule has 2 heteroatoms. The summed E-state index contributed by atoms with van der Waals surface area (Å²) in [6, 6.07) is 7.07. The molecular formula is C11H14FN. The van der Waals surface area contributed by atoms with E-state index in [1.165, 1.54) is 6.07 Å². The monoisotopic (exact) mass is 179 g/mol. The van der Waals surface area contributed by atoms with Gasteiger partial charge >= 0.3 is 0 Å². The van der Waals surface area contributed by atoms with Crippen LogP contribution < -0.4 is 5.73 Å². The molecule has 2 rings (SSSR count). The molecule has 0 amide bonds. The first-order chi connectivity index (χ1) is 6.18. The van der Waals surface area contributed by atoms with E-state index in [1.54, 1.807) is 12.1 Å². The Hall–Kier alpha value is -0.890. The molecule has 0 unspecified atom stereocenters. The number of benzene rings is 1. The smallest absolute Gasteiger partial charge is 0.123 e. The zero-order valence-corrected chi connectivity index (χ0v) is 7.70. The molecule has 0 aliphatic heterocycles. The summed E-state index contributed by atoms with van der Waals surface area (Å²) in [5.74, 6) is 0.908. The number of halogens is 1. The highest BCUT2D eigenvalue weighted by Crippen LogP contribution is 2.48. The Balaban J connectivity index is 2.12. The van der Waals surface area contributed by atoms with Gasteiger partial charge in [0.15, 0.2) is 0 Å². The van der Waals surface area contributed by atoms with Crippen molar-refractivity contribution in [3.8, 4) is 0 Å². The van der Waals surface area contributed by atoms with E-state index in [0.29, 0.717) is 11.8 Å². The lowest BCUT2D eigenvalue weighted by atomic mass is 10.1. The second kappa shape index (κ2) is 3.11. The van der Waals surface area contributed by atoms with Crippen LogP contribution in [0.1, 0.15) is 24.8 Å². The van der Waals surface area contributed by atoms with Gasteiger partial charge in [-0.2, -0.15) is 0 Å². The molecule has 13 heavy (non-hydrogen) atoms. The summed E-state index contributed by atoms with van der Waals surface area (Å²) in [5.41, 5.74) is 6.87. The highest BCUT2D eigenvalue weighted by molar-refractivity contribution is 5.27. The first-order valence-electron chi connectivity index (χ1n) is 4.69. The van der Waals surface area contributed by atoms with Gasteiger partial charge in [0.2, 0.25) is 0 Å². The third kappa shape index (κ3) is 1.73. The predicted molar refractivity (Wildman–Crippen MR) is 50.9 cm³/mol. The molecule has 1 aliphatic rings. The van der Waals surface area contributed by atoms with Crippen LogP contribution in [-0.4, -0.2) is 6.04 Å². The third-order valence-electron chi connectivity index (χ3n) is 2.79. The van der Waals surface area contributed by atoms with E-state index in [4.69, 9.17) is 5.73 Å². The molecule has 0 aromatic heterocycles. The fourth-order valence-corrected chi connectivity index (χ4v) is 1.92. The highest BCUT2D eigenvalue weighted by Gasteiger charge is 2.40. The van der Waals surface area contributed by atoms with Gasteiger partial charge in [-0.25, -0.2) is 4.39 Å². The summed E-state index contributed by atoms with van der Waals surface area (Å²) in [7, 11) is 0. The van der Waals surface area contributed by atoms with Gasteiger partial charge < -0.3 is 5.73 Å². The maximum Gasteiger partial charge on any atom is 0.123 e. The van der Waals surface area contributed by atoms with E-state index in [0.717, 1.165) is 12.0 Å². The Morgan fingerprint density at radius 1 is 1.54 bits per heavy atom. The fraction of sp³-hybridized carbons (Fsp3) is 0.455. The van der Waals surface area contributed by atoms with Crippen molar-refractivity contribution in [2.45, 2.75) is 25.3 Å². The Bertz CT molecular complexity index is 309. The minimum Gasteiger partial charge on any atom is -0.328 e. The zero-order valence-electron chi connectivity index (χ0n) is 7.70. The lowest BCUT2D eigenvalue weighted by Gasteiger charge is -2.03. The van der Waals surface area contributed by atoms with Gasteiger partial charge in [0.25, 0.3) is 0 Å². The summed E-state index contributed by atoms with van der Waals surface area (Å²) in [6.45, 7) is 2.02. The summed E-state index contributed by atoms with van der Waals surface area (Å²) in [6.07, 6.45) is 1.11. The first-order valence-corrected chi connectivity index (χ1v) is 4.69. The minimum absolute atomic E-state index is 0.146. The van der Waals surface area contributed by atoms with Crippen molar-refractivity contribution in [1.82, 2.24) is 0 Å². The van der Waals surface area contributed by atoms with E-state index in [9.17, 15) is 4.39 Å². The lowest BCUT2D eigenvalue weighted by Crippen LogP contribution is -2.17. The minimum atomic E-state index is -0.146. The van der Waals surface area contributed by atoms with Gasteiger partial charge in [-0.15, -0.1) is 0 Å². The molecule has 1 fully saturated rings. The quantitative estimate of drug-likeness (QED) is 0.740. The van der Waals surface area contributed by atoms with Crippen LogP contribution in [0.4, 0.5) is 4.39 Å². The second-order valence-corrected chi connectivity index (χ2v) is 3.92. The Morgan fingerprint density at radius 2 is 2.31 bits per heavy atom. The van der Waals surface area contributed by atoms with E-state index in [1.807, 2.05) is 13.0 Å². The average Bonchev–Trinajstić information content (AvgIpc) is 2.82. The maximum atomic E-state index is 12.9. The summed E-state index contributed by atoms with van der Waals surface area (Å²) in [4.78, 5) is 0. The van der Waals surface area contributed by atoms with Crippen molar-refractivity contribution in [2.75, 3.05) is 0 Å². The highest BCUT2D eigenvalue weighted by atomic mass is 19.1. The van der Waals surface area contributed by atoms with Crippen molar-refractivity contribution >= 4 is 0 Å². The van der Waals surface area contributed by atoms with Crippen molar-refractivity contribution < 1.29 is 4.39 Å². The molecule has 0 spiro atoms. The normalized spacial score (nSPS) is 28.5. The van der Waals surface area contributed by atoms with Crippen LogP contribution in [0.5, 0.6) is 0 Å². The lowest BCUT2D eigenvalue weighted by molar-refractivity contribution is 0.616. The second-order valence-electron chi connectivity index (χ2n) is 3.92. The van der Waals surface area contributed by atoms with E-state index in [2.05, 4.69) is 0 Å². The number of rotatable bonds is 2. The van der Waals surface area contributed by atoms with Gasteiger partial charge in [0, 0.05) is 6.04 Å². The third-order valence-corrected chi connectivity index (χ3v) is 2.79. The summed E-state index contributed by atoms with van der Waals surface area (Å²) >= 11 is 0. The Morgan fingerprint density at radius 3 is 2.85 bits per heavy atom. The predicted octanol–water partition coefficient (Wildman–Crippen LogP) is 2.28. The van der Waals surface area contributed by atoms with Gasteiger partial charge in [-0.05, 0) is 42.9 Å². The SMILES string of the molecule is C[C@@H](N)[C@@H]1C[C@@H]1c1cccc(F)c1.